The van der Waals surface area contributed by atoms with E-state index < -0.39 is 0 Å². The van der Waals surface area contributed by atoms with E-state index in [0.717, 1.165) is 5.56 Å². The molecule has 0 amide bonds. The molecule has 3 nitrogen and oxygen atoms in total. The van der Waals surface area contributed by atoms with Crippen LogP contribution in [0.1, 0.15) is 29.8 Å². The smallest absolute Gasteiger partial charge is 0.185 e. The fourth-order valence-electron chi connectivity index (χ4n) is 2.12. The fourth-order valence-corrected chi connectivity index (χ4v) is 2.31. The zero-order valence-electron chi connectivity index (χ0n) is 14.6. The number of benzene rings is 2. The molecule has 0 aliphatic rings. The Bertz CT molecular complexity index is 803. The van der Waals surface area contributed by atoms with Gasteiger partial charge in [-0.2, -0.15) is 0 Å². The van der Waals surface area contributed by atoms with Gasteiger partial charge in [-0.05, 0) is 55.8 Å². The predicted molar refractivity (Wildman–Crippen MR) is 103 cm³/mol. The molecule has 2 aromatic rings. The lowest BCUT2D eigenvalue weighted by Crippen LogP contribution is -1.97. The molecule has 0 aromatic heterocycles. The molecule has 130 valence electrons. The molecule has 0 unspecified atom stereocenters. The van der Waals surface area contributed by atoms with Crippen LogP contribution < -0.4 is 9.47 Å². The normalized spacial score (nSPS) is 10.6. The summed E-state index contributed by atoms with van der Waals surface area (Å²) in [4.78, 5) is 12.2. The Morgan fingerprint density at radius 3 is 2.60 bits per heavy atom. The molecule has 4 heteroatoms. The van der Waals surface area contributed by atoms with Crippen LogP contribution in [0, 0.1) is 0 Å². The van der Waals surface area contributed by atoms with E-state index in [1.165, 1.54) is 11.6 Å². The zero-order chi connectivity index (χ0) is 18.2. The minimum Gasteiger partial charge on any atom is -0.493 e. The van der Waals surface area contributed by atoms with Crippen molar-refractivity contribution in [2.75, 3.05) is 13.7 Å². The van der Waals surface area contributed by atoms with Gasteiger partial charge < -0.3 is 9.47 Å². The minimum atomic E-state index is -0.106. The van der Waals surface area contributed by atoms with Gasteiger partial charge in [0.2, 0.25) is 0 Å². The van der Waals surface area contributed by atoms with Crippen LogP contribution in [0.3, 0.4) is 0 Å². The van der Waals surface area contributed by atoms with E-state index in [4.69, 9.17) is 21.1 Å². The van der Waals surface area contributed by atoms with Gasteiger partial charge in [0.1, 0.15) is 6.61 Å². The van der Waals surface area contributed by atoms with Crippen molar-refractivity contribution in [3.8, 4) is 11.5 Å². The summed E-state index contributed by atoms with van der Waals surface area (Å²) in [6, 6.07) is 12.4. The van der Waals surface area contributed by atoms with E-state index >= 15 is 0 Å². The van der Waals surface area contributed by atoms with Gasteiger partial charge >= 0.3 is 0 Å². The van der Waals surface area contributed by atoms with Crippen LogP contribution in [-0.2, 0) is 0 Å². The van der Waals surface area contributed by atoms with Crippen molar-refractivity contribution in [2.24, 2.45) is 0 Å². The van der Waals surface area contributed by atoms with Gasteiger partial charge in [0.05, 0.1) is 7.11 Å². The lowest BCUT2D eigenvalue weighted by atomic mass is 10.1. The maximum absolute atomic E-state index is 12.2. The molecule has 0 spiro atoms. The molecular weight excluding hydrogens is 336 g/mol. The molecule has 0 atom stereocenters. The van der Waals surface area contributed by atoms with Crippen molar-refractivity contribution < 1.29 is 14.3 Å². The Labute approximate surface area is 153 Å². The number of carbonyl (C=O) groups is 1. The summed E-state index contributed by atoms with van der Waals surface area (Å²) >= 11 is 5.91. The molecule has 2 rings (SSSR count). The fraction of sp³-hybridized carbons (Fsp3) is 0.190. The number of hydrogen-bond acceptors (Lipinski definition) is 3. The average Bonchev–Trinajstić information content (AvgIpc) is 2.60. The van der Waals surface area contributed by atoms with Crippen molar-refractivity contribution in [1.82, 2.24) is 0 Å². The molecule has 0 saturated carbocycles. The highest BCUT2D eigenvalue weighted by Crippen LogP contribution is 2.28. The molecule has 0 bridgehead atoms. The van der Waals surface area contributed by atoms with Crippen LogP contribution >= 0.6 is 11.6 Å². The maximum atomic E-state index is 12.2. The standard InChI is InChI=1S/C21H21ClO3/c1-15(2)11-12-25-20-10-8-16(13-21(20)24-3)7-9-19(23)17-5-4-6-18(22)14-17/h4-11,13-14H,12H2,1-3H3/b9-7+. The Morgan fingerprint density at radius 1 is 1.12 bits per heavy atom. The third-order valence-electron chi connectivity index (χ3n) is 3.45. The number of methoxy groups -OCH3 is 1. The van der Waals surface area contributed by atoms with Crippen LogP contribution in [0.2, 0.25) is 5.02 Å². The van der Waals surface area contributed by atoms with Crippen molar-refractivity contribution >= 4 is 23.5 Å². The molecule has 0 N–H and O–H groups in total. The molecule has 0 saturated heterocycles. The first-order valence-corrected chi connectivity index (χ1v) is 8.29. The van der Waals surface area contributed by atoms with Crippen LogP contribution in [-0.4, -0.2) is 19.5 Å². The summed E-state index contributed by atoms with van der Waals surface area (Å²) < 4.78 is 11.1. The molecular formula is C21H21ClO3. The second kappa shape index (κ2) is 9.09. The van der Waals surface area contributed by atoms with Gasteiger partial charge in [0.15, 0.2) is 17.3 Å². The highest BCUT2D eigenvalue weighted by Gasteiger charge is 2.06. The molecule has 25 heavy (non-hydrogen) atoms. The highest BCUT2D eigenvalue weighted by molar-refractivity contribution is 6.31. The lowest BCUT2D eigenvalue weighted by Gasteiger charge is -2.10. The molecule has 0 radical (unpaired) electrons. The largest absolute Gasteiger partial charge is 0.493 e. The summed E-state index contributed by atoms with van der Waals surface area (Å²) in [5, 5.41) is 0.541. The highest BCUT2D eigenvalue weighted by atomic mass is 35.5. The van der Waals surface area contributed by atoms with E-state index in [1.54, 1.807) is 37.5 Å². The monoisotopic (exact) mass is 356 g/mol. The van der Waals surface area contributed by atoms with Gasteiger partial charge in [-0.3, -0.25) is 4.79 Å². The summed E-state index contributed by atoms with van der Waals surface area (Å²) in [6.45, 7) is 4.53. The number of halogens is 1. The van der Waals surface area contributed by atoms with Crippen LogP contribution in [0.5, 0.6) is 11.5 Å². The van der Waals surface area contributed by atoms with Crippen LogP contribution in [0.4, 0.5) is 0 Å². The third kappa shape index (κ3) is 5.80. The molecule has 0 fully saturated rings. The van der Waals surface area contributed by atoms with Crippen molar-refractivity contribution in [2.45, 2.75) is 13.8 Å². The summed E-state index contributed by atoms with van der Waals surface area (Å²) in [5.41, 5.74) is 2.59. The summed E-state index contributed by atoms with van der Waals surface area (Å²) in [7, 11) is 1.59. The molecule has 0 aliphatic heterocycles. The van der Waals surface area contributed by atoms with Gasteiger partial charge in [-0.1, -0.05) is 41.4 Å². The second-order valence-corrected chi connectivity index (χ2v) is 6.15. The number of ketones is 1. The topological polar surface area (TPSA) is 35.5 Å². The second-order valence-electron chi connectivity index (χ2n) is 5.71. The van der Waals surface area contributed by atoms with E-state index in [9.17, 15) is 4.79 Å². The summed E-state index contributed by atoms with van der Waals surface area (Å²) in [5.74, 6) is 1.18. The van der Waals surface area contributed by atoms with Gasteiger partial charge in [0, 0.05) is 10.6 Å². The number of hydrogen-bond donors (Lipinski definition) is 0. The van der Waals surface area contributed by atoms with Crippen molar-refractivity contribution in [3.05, 3.63) is 76.3 Å². The van der Waals surface area contributed by atoms with Gasteiger partial charge in [0.25, 0.3) is 0 Å². The number of ether oxygens (including phenoxy) is 2. The van der Waals surface area contributed by atoms with Gasteiger partial charge in [-0.25, -0.2) is 0 Å². The molecule has 0 heterocycles. The molecule has 2 aromatic carbocycles. The number of rotatable bonds is 7. The Morgan fingerprint density at radius 2 is 1.92 bits per heavy atom. The number of carbonyl (C=O) groups excluding carboxylic acids is 1. The van der Waals surface area contributed by atoms with Crippen molar-refractivity contribution in [1.29, 1.82) is 0 Å². The summed E-state index contributed by atoms with van der Waals surface area (Å²) in [6.07, 6.45) is 5.26. The number of allylic oxidation sites excluding steroid dienone is 2. The van der Waals surface area contributed by atoms with Crippen molar-refractivity contribution in [3.63, 3.8) is 0 Å². The van der Waals surface area contributed by atoms with E-state index in [-0.39, 0.29) is 5.78 Å². The lowest BCUT2D eigenvalue weighted by molar-refractivity contribution is 0.104. The Hall–Kier alpha value is -2.52. The Kier molecular flexibility index (Phi) is 6.84. The Balaban J connectivity index is 2.11. The maximum Gasteiger partial charge on any atom is 0.185 e. The van der Waals surface area contributed by atoms with Crippen LogP contribution in [0.25, 0.3) is 6.08 Å². The van der Waals surface area contributed by atoms with E-state index in [2.05, 4.69) is 0 Å². The van der Waals surface area contributed by atoms with E-state index in [0.29, 0.717) is 28.7 Å². The SMILES string of the molecule is COc1cc(/C=C/C(=O)c2cccc(Cl)c2)ccc1OCC=C(C)C. The quantitative estimate of drug-likeness (QED) is 0.368. The van der Waals surface area contributed by atoms with Gasteiger partial charge in [-0.15, -0.1) is 0 Å². The molecule has 0 aliphatic carbocycles. The predicted octanol–water partition coefficient (Wildman–Crippen LogP) is 5.59. The zero-order valence-corrected chi connectivity index (χ0v) is 15.3. The van der Waals surface area contributed by atoms with Crippen LogP contribution in [0.15, 0.2) is 60.2 Å². The first-order valence-electron chi connectivity index (χ1n) is 7.92. The first-order chi connectivity index (χ1) is 12.0. The third-order valence-corrected chi connectivity index (χ3v) is 3.69. The van der Waals surface area contributed by atoms with E-state index in [1.807, 2.05) is 38.1 Å². The minimum absolute atomic E-state index is 0.106. The first kappa shape index (κ1) is 18.8. The average molecular weight is 357 g/mol.